The number of hydrogen-bond donors (Lipinski definition) is 2. The van der Waals surface area contributed by atoms with Crippen molar-refractivity contribution in [2.75, 3.05) is 18.0 Å². The molecule has 1 aliphatic rings. The number of amides is 2. The fourth-order valence-corrected chi connectivity index (χ4v) is 3.60. The first-order valence-electron chi connectivity index (χ1n) is 9.87. The van der Waals surface area contributed by atoms with Crippen LogP contribution in [0.4, 0.5) is 15.0 Å². The topological polar surface area (TPSA) is 92.2 Å². The van der Waals surface area contributed by atoms with Crippen molar-refractivity contribution in [2.24, 2.45) is 7.05 Å². The number of nitrogens with one attached hydrogen (secondary N) is 2. The first kappa shape index (κ1) is 19.8. The van der Waals surface area contributed by atoms with E-state index in [1.807, 2.05) is 11.0 Å². The van der Waals surface area contributed by atoms with Crippen LogP contribution in [0.5, 0.6) is 0 Å². The van der Waals surface area contributed by atoms with Gasteiger partial charge in [0, 0.05) is 38.9 Å². The summed E-state index contributed by atoms with van der Waals surface area (Å²) in [6, 6.07) is 9.40. The van der Waals surface area contributed by atoms with Crippen molar-refractivity contribution in [3.63, 3.8) is 0 Å². The summed E-state index contributed by atoms with van der Waals surface area (Å²) in [5, 5.41) is 5.75. The van der Waals surface area contributed by atoms with Crippen molar-refractivity contribution in [1.82, 2.24) is 25.2 Å². The molecule has 1 saturated heterocycles. The van der Waals surface area contributed by atoms with Crippen LogP contribution < -0.4 is 21.1 Å². The number of carbonyl (C=O) groups is 1. The molecule has 0 radical (unpaired) electrons. The molecule has 0 unspecified atom stereocenters. The van der Waals surface area contributed by atoms with Crippen LogP contribution in [-0.4, -0.2) is 39.7 Å². The molecule has 0 saturated carbocycles. The second kappa shape index (κ2) is 8.48. The second-order valence-electron chi connectivity index (χ2n) is 7.36. The minimum atomic E-state index is -0.304. The van der Waals surface area contributed by atoms with E-state index in [1.165, 1.54) is 16.7 Å². The summed E-state index contributed by atoms with van der Waals surface area (Å²) < 4.78 is 14.5. The zero-order valence-corrected chi connectivity index (χ0v) is 16.6. The van der Waals surface area contributed by atoms with Crippen molar-refractivity contribution >= 4 is 23.0 Å². The lowest BCUT2D eigenvalue weighted by Gasteiger charge is -2.32. The van der Waals surface area contributed by atoms with Gasteiger partial charge in [-0.3, -0.25) is 9.36 Å². The van der Waals surface area contributed by atoms with Gasteiger partial charge in [-0.05, 0) is 42.7 Å². The van der Waals surface area contributed by atoms with Crippen molar-refractivity contribution in [3.05, 3.63) is 64.3 Å². The average Bonchev–Trinajstić information content (AvgIpc) is 2.76. The number of pyridine rings is 1. The van der Waals surface area contributed by atoms with Gasteiger partial charge >= 0.3 is 6.03 Å². The number of piperidine rings is 1. The van der Waals surface area contributed by atoms with Crippen LogP contribution >= 0.6 is 0 Å². The predicted octanol–water partition coefficient (Wildman–Crippen LogP) is 1.94. The number of benzene rings is 1. The number of fused-ring (bicyclic) bond motifs is 1. The number of urea groups is 1. The summed E-state index contributed by atoms with van der Waals surface area (Å²) in [5.41, 5.74) is 1.88. The van der Waals surface area contributed by atoms with Gasteiger partial charge in [0.05, 0.1) is 0 Å². The smallest absolute Gasteiger partial charge is 0.315 e. The summed E-state index contributed by atoms with van der Waals surface area (Å²) >= 11 is 0. The molecule has 8 nitrogen and oxygen atoms in total. The van der Waals surface area contributed by atoms with Gasteiger partial charge in [0.1, 0.15) is 11.3 Å². The molecule has 3 heterocycles. The molecule has 156 valence electrons. The molecule has 0 spiro atoms. The molecule has 4 rings (SSSR count). The summed E-state index contributed by atoms with van der Waals surface area (Å²) in [6.07, 6.45) is 3.06. The number of halogens is 1. The first-order chi connectivity index (χ1) is 14.5. The normalized spacial score (nSPS) is 14.7. The number of aryl methyl sites for hydroxylation is 1. The third kappa shape index (κ3) is 4.24. The minimum absolute atomic E-state index is 0.0143. The molecular formula is C21H23FN6O2. The van der Waals surface area contributed by atoms with E-state index in [1.54, 1.807) is 31.4 Å². The molecule has 1 aromatic carbocycles. The summed E-state index contributed by atoms with van der Waals surface area (Å²) in [4.78, 5) is 35.6. The van der Waals surface area contributed by atoms with E-state index in [0.29, 0.717) is 49.5 Å². The molecule has 0 atom stereocenters. The minimum Gasteiger partial charge on any atom is -0.352 e. The standard InChI is InChI=1S/C21H23FN6O2/c1-27-18-17(3-2-10-23-18)26-19(20(27)29)28-11-8-16(9-12-28)25-21(30)24-13-14-4-6-15(22)7-5-14/h2-7,10,16H,8-9,11-13H2,1H3,(H2,24,25,30). The Balaban J connectivity index is 1.33. The van der Waals surface area contributed by atoms with Gasteiger partial charge in [-0.25, -0.2) is 19.2 Å². The summed E-state index contributed by atoms with van der Waals surface area (Å²) in [6.45, 7) is 1.57. The molecule has 0 bridgehead atoms. The largest absolute Gasteiger partial charge is 0.352 e. The molecule has 0 aliphatic carbocycles. The maximum Gasteiger partial charge on any atom is 0.315 e. The fraction of sp³-hybridized carbons (Fsp3) is 0.333. The molecule has 2 N–H and O–H groups in total. The highest BCUT2D eigenvalue weighted by atomic mass is 19.1. The van der Waals surface area contributed by atoms with Crippen molar-refractivity contribution in [1.29, 1.82) is 0 Å². The van der Waals surface area contributed by atoms with Crippen LogP contribution in [0.25, 0.3) is 11.2 Å². The van der Waals surface area contributed by atoms with Gasteiger partial charge in [-0.2, -0.15) is 0 Å². The lowest BCUT2D eigenvalue weighted by atomic mass is 10.1. The molecule has 1 aliphatic heterocycles. The molecule has 2 amide bonds. The quantitative estimate of drug-likeness (QED) is 0.686. The third-order valence-electron chi connectivity index (χ3n) is 5.30. The van der Waals surface area contributed by atoms with Crippen LogP contribution in [0.1, 0.15) is 18.4 Å². The highest BCUT2D eigenvalue weighted by molar-refractivity contribution is 5.74. The predicted molar refractivity (Wildman–Crippen MR) is 112 cm³/mol. The number of rotatable bonds is 4. The average molecular weight is 410 g/mol. The molecule has 30 heavy (non-hydrogen) atoms. The molecule has 9 heteroatoms. The highest BCUT2D eigenvalue weighted by Crippen LogP contribution is 2.17. The van der Waals surface area contributed by atoms with E-state index in [0.717, 1.165) is 5.56 Å². The Bertz CT molecular complexity index is 1110. The van der Waals surface area contributed by atoms with Crippen molar-refractivity contribution < 1.29 is 9.18 Å². The number of nitrogens with zero attached hydrogens (tertiary/aromatic N) is 4. The molecular weight excluding hydrogens is 387 g/mol. The number of hydrogen-bond acceptors (Lipinski definition) is 5. The van der Waals surface area contributed by atoms with Crippen LogP contribution in [0.15, 0.2) is 47.4 Å². The van der Waals surface area contributed by atoms with Crippen LogP contribution in [0, 0.1) is 5.82 Å². The Labute approximate surface area is 172 Å². The zero-order valence-electron chi connectivity index (χ0n) is 16.6. The van der Waals surface area contributed by atoms with Crippen LogP contribution in [-0.2, 0) is 13.6 Å². The van der Waals surface area contributed by atoms with Crippen molar-refractivity contribution in [2.45, 2.75) is 25.4 Å². The van der Waals surface area contributed by atoms with Gasteiger partial charge < -0.3 is 15.5 Å². The van der Waals surface area contributed by atoms with E-state index >= 15 is 0 Å². The third-order valence-corrected chi connectivity index (χ3v) is 5.30. The summed E-state index contributed by atoms with van der Waals surface area (Å²) in [7, 11) is 1.70. The van der Waals surface area contributed by atoms with Gasteiger partial charge in [0.2, 0.25) is 0 Å². The van der Waals surface area contributed by atoms with Gasteiger partial charge in [-0.15, -0.1) is 0 Å². The van der Waals surface area contributed by atoms with Gasteiger partial charge in [0.15, 0.2) is 11.5 Å². The highest BCUT2D eigenvalue weighted by Gasteiger charge is 2.24. The maximum absolute atomic E-state index is 12.9. The van der Waals surface area contributed by atoms with Crippen molar-refractivity contribution in [3.8, 4) is 0 Å². The first-order valence-corrected chi connectivity index (χ1v) is 9.87. The number of aromatic nitrogens is 3. The van der Waals surface area contributed by atoms with E-state index in [-0.39, 0.29) is 23.4 Å². The Morgan fingerprint density at radius 3 is 2.67 bits per heavy atom. The Hall–Kier alpha value is -3.49. The van der Waals surface area contributed by atoms with Gasteiger partial charge in [-0.1, -0.05) is 12.1 Å². The SMILES string of the molecule is Cn1c(=O)c(N2CCC(NC(=O)NCc3ccc(F)cc3)CC2)nc2cccnc21. The van der Waals surface area contributed by atoms with E-state index < -0.39 is 0 Å². The molecule has 2 aromatic heterocycles. The van der Waals surface area contributed by atoms with E-state index in [9.17, 15) is 14.0 Å². The lowest BCUT2D eigenvalue weighted by Crippen LogP contribution is -2.49. The summed E-state index contributed by atoms with van der Waals surface area (Å²) in [5.74, 6) is 0.110. The van der Waals surface area contributed by atoms with Crippen LogP contribution in [0.2, 0.25) is 0 Å². The zero-order chi connectivity index (χ0) is 21.1. The molecule has 1 fully saturated rings. The van der Waals surface area contributed by atoms with E-state index in [4.69, 9.17) is 0 Å². The Morgan fingerprint density at radius 2 is 1.93 bits per heavy atom. The van der Waals surface area contributed by atoms with E-state index in [2.05, 4.69) is 20.6 Å². The van der Waals surface area contributed by atoms with Crippen LogP contribution in [0.3, 0.4) is 0 Å². The fourth-order valence-electron chi connectivity index (χ4n) is 3.60. The Morgan fingerprint density at radius 1 is 1.20 bits per heavy atom. The molecule has 3 aromatic rings. The number of anilines is 1. The monoisotopic (exact) mass is 410 g/mol. The lowest BCUT2D eigenvalue weighted by molar-refractivity contribution is 0.234. The number of carbonyl (C=O) groups excluding carboxylic acids is 1. The maximum atomic E-state index is 12.9. The van der Waals surface area contributed by atoms with Gasteiger partial charge in [0.25, 0.3) is 5.56 Å². The second-order valence-corrected chi connectivity index (χ2v) is 7.36. The Kier molecular flexibility index (Phi) is 5.60.